The minimum absolute atomic E-state index is 0.159. The average molecular weight is 752 g/mol. The van der Waals surface area contributed by atoms with Crippen LogP contribution >= 0.6 is 11.3 Å². The SMILES string of the molecule is C1=CC2Oc3ccc(-c4nc(-c5ccccc5)nc(-c5ccc6sc7ccccc7c6c5)n4)cc3C2C(c2nc(-c3ccccc3)c3oc4ccccc4c3n2)=C1. The van der Waals surface area contributed by atoms with Crippen molar-refractivity contribution >= 4 is 59.2 Å². The third-order valence-corrected chi connectivity index (χ3v) is 12.1. The zero-order chi connectivity index (χ0) is 37.5. The molecule has 0 fully saturated rings. The van der Waals surface area contributed by atoms with Gasteiger partial charge in [-0.15, -0.1) is 11.3 Å². The molecule has 2 atom stereocenters. The molecule has 2 aliphatic rings. The second-order valence-corrected chi connectivity index (χ2v) is 15.4. The molecule has 10 aromatic rings. The summed E-state index contributed by atoms with van der Waals surface area (Å²) in [7, 11) is 0. The molecule has 0 saturated heterocycles. The summed E-state index contributed by atoms with van der Waals surface area (Å²) in [5.41, 5.74) is 8.69. The molecule has 6 aromatic carbocycles. The van der Waals surface area contributed by atoms with Crippen LogP contribution in [0.5, 0.6) is 5.75 Å². The number of para-hydroxylation sites is 1. The van der Waals surface area contributed by atoms with E-state index in [0.29, 0.717) is 28.9 Å². The molecule has 2 unspecified atom stereocenters. The van der Waals surface area contributed by atoms with Gasteiger partial charge >= 0.3 is 0 Å². The molecule has 0 amide bonds. The predicted octanol–water partition coefficient (Wildman–Crippen LogP) is 12.1. The Kier molecular flexibility index (Phi) is 7.09. The Morgan fingerprint density at radius 3 is 2.00 bits per heavy atom. The summed E-state index contributed by atoms with van der Waals surface area (Å²) in [6.07, 6.45) is 6.04. The van der Waals surface area contributed by atoms with Crippen LogP contribution in [0.3, 0.4) is 0 Å². The number of thiophene rings is 1. The molecule has 12 rings (SSSR count). The average Bonchev–Trinajstić information content (AvgIpc) is 3.97. The minimum atomic E-state index is -0.225. The third kappa shape index (κ3) is 5.22. The highest BCUT2D eigenvalue weighted by Crippen LogP contribution is 2.49. The molecular formula is C49H29N5O2S. The Hall–Kier alpha value is -7.29. The number of hydrogen-bond acceptors (Lipinski definition) is 8. The molecule has 0 spiro atoms. The summed E-state index contributed by atoms with van der Waals surface area (Å²) in [5, 5.41) is 3.38. The van der Waals surface area contributed by atoms with Gasteiger partial charge in [-0.05, 0) is 60.7 Å². The minimum Gasteiger partial charge on any atom is -0.485 e. The van der Waals surface area contributed by atoms with Gasteiger partial charge in [-0.3, -0.25) is 0 Å². The summed E-state index contributed by atoms with van der Waals surface area (Å²) in [4.78, 5) is 25.7. The van der Waals surface area contributed by atoms with Gasteiger partial charge in [-0.25, -0.2) is 24.9 Å². The molecule has 268 valence electrons. The van der Waals surface area contributed by atoms with Gasteiger partial charge in [0, 0.05) is 58.9 Å². The van der Waals surface area contributed by atoms with Crippen LogP contribution in [-0.2, 0) is 0 Å². The number of benzene rings is 6. The van der Waals surface area contributed by atoms with Crippen LogP contribution < -0.4 is 4.74 Å². The second-order valence-electron chi connectivity index (χ2n) is 14.3. The zero-order valence-corrected chi connectivity index (χ0v) is 31.0. The number of aromatic nitrogens is 5. The van der Waals surface area contributed by atoms with Gasteiger partial charge in [0.2, 0.25) is 0 Å². The van der Waals surface area contributed by atoms with E-state index in [4.69, 9.17) is 34.1 Å². The quantitative estimate of drug-likeness (QED) is 0.173. The number of ether oxygens (including phenoxy) is 1. The van der Waals surface area contributed by atoms with Crippen molar-refractivity contribution in [2.75, 3.05) is 0 Å². The van der Waals surface area contributed by atoms with E-state index < -0.39 is 0 Å². The van der Waals surface area contributed by atoms with E-state index in [-0.39, 0.29) is 12.0 Å². The van der Waals surface area contributed by atoms with Crippen molar-refractivity contribution in [3.8, 4) is 51.2 Å². The van der Waals surface area contributed by atoms with Crippen LogP contribution in [0, 0.1) is 0 Å². The van der Waals surface area contributed by atoms with Gasteiger partial charge in [0.25, 0.3) is 0 Å². The molecule has 57 heavy (non-hydrogen) atoms. The summed E-state index contributed by atoms with van der Waals surface area (Å²) in [6, 6.07) is 49.5. The van der Waals surface area contributed by atoms with Crippen LogP contribution in [-0.4, -0.2) is 31.0 Å². The van der Waals surface area contributed by atoms with E-state index in [9.17, 15) is 0 Å². The van der Waals surface area contributed by atoms with Crippen molar-refractivity contribution in [2.24, 2.45) is 0 Å². The molecule has 0 N–H and O–H groups in total. The Balaban J connectivity index is 1.00. The van der Waals surface area contributed by atoms with E-state index in [0.717, 1.165) is 61.3 Å². The van der Waals surface area contributed by atoms with Gasteiger partial charge in [-0.1, -0.05) is 103 Å². The van der Waals surface area contributed by atoms with E-state index in [1.807, 2.05) is 84.9 Å². The topological polar surface area (TPSA) is 86.8 Å². The third-order valence-electron chi connectivity index (χ3n) is 10.9. The Morgan fingerprint density at radius 2 is 1.18 bits per heavy atom. The van der Waals surface area contributed by atoms with E-state index in [1.54, 1.807) is 11.3 Å². The number of rotatable bonds is 5. The number of furan rings is 1. The molecule has 0 radical (unpaired) electrons. The van der Waals surface area contributed by atoms with Crippen LogP contribution in [0.2, 0.25) is 0 Å². The van der Waals surface area contributed by atoms with Crippen molar-refractivity contribution in [3.05, 3.63) is 175 Å². The number of allylic oxidation sites excluding steroid dienone is 2. The fourth-order valence-electron chi connectivity index (χ4n) is 8.24. The largest absolute Gasteiger partial charge is 0.485 e. The maximum Gasteiger partial charge on any atom is 0.180 e. The first kappa shape index (κ1) is 32.0. The number of nitrogens with zero attached hydrogens (tertiary/aromatic N) is 5. The summed E-state index contributed by atoms with van der Waals surface area (Å²) >= 11 is 1.80. The lowest BCUT2D eigenvalue weighted by Gasteiger charge is -2.22. The van der Waals surface area contributed by atoms with E-state index in [1.165, 1.54) is 20.2 Å². The monoisotopic (exact) mass is 751 g/mol. The van der Waals surface area contributed by atoms with E-state index in [2.05, 4.69) is 78.9 Å². The predicted molar refractivity (Wildman–Crippen MR) is 228 cm³/mol. The number of fused-ring (bicyclic) bond motifs is 9. The van der Waals surface area contributed by atoms with Crippen LogP contribution in [0.25, 0.3) is 93.2 Å². The lowest BCUT2D eigenvalue weighted by molar-refractivity contribution is 0.271. The molecule has 1 aliphatic heterocycles. The first-order valence-corrected chi connectivity index (χ1v) is 19.7. The maximum absolute atomic E-state index is 6.61. The fourth-order valence-corrected chi connectivity index (χ4v) is 9.32. The van der Waals surface area contributed by atoms with Crippen LogP contribution in [0.4, 0.5) is 0 Å². The molecule has 1 aliphatic carbocycles. The lowest BCUT2D eigenvalue weighted by Crippen LogP contribution is -2.20. The van der Waals surface area contributed by atoms with Crippen LogP contribution in [0.15, 0.2) is 168 Å². The second kappa shape index (κ2) is 12.6. The van der Waals surface area contributed by atoms with Crippen molar-refractivity contribution in [2.45, 2.75) is 12.0 Å². The molecule has 7 nitrogen and oxygen atoms in total. The van der Waals surface area contributed by atoms with Crippen LogP contribution in [0.1, 0.15) is 17.3 Å². The van der Waals surface area contributed by atoms with Gasteiger partial charge in [-0.2, -0.15) is 0 Å². The van der Waals surface area contributed by atoms with E-state index >= 15 is 0 Å². The standard InChI is InChI=1S/C49H29N5O2S/c1-3-12-28(13-4-1)43-45-44(33-17-7-9-19-37(33)56-45)51-49(50-43)34-18-11-20-39-42(34)36-27-30(22-24-38(36)55-39)47-52-46(29-14-5-2-6-15-29)53-48(54-47)31-23-25-41-35(26-31)32-16-8-10-21-40(32)57-41/h1-27,39,42H. The molecular weight excluding hydrogens is 723 g/mol. The van der Waals surface area contributed by atoms with Crippen molar-refractivity contribution in [1.29, 1.82) is 0 Å². The molecule has 0 bridgehead atoms. The Morgan fingerprint density at radius 1 is 0.509 bits per heavy atom. The smallest absolute Gasteiger partial charge is 0.180 e. The molecule has 8 heteroatoms. The normalized spacial score (nSPS) is 15.9. The Bertz CT molecular complexity index is 3300. The highest BCUT2D eigenvalue weighted by atomic mass is 32.1. The van der Waals surface area contributed by atoms with Gasteiger partial charge in [0.15, 0.2) is 28.9 Å². The number of hydrogen-bond donors (Lipinski definition) is 0. The van der Waals surface area contributed by atoms with Gasteiger partial charge < -0.3 is 9.15 Å². The van der Waals surface area contributed by atoms with Gasteiger partial charge in [0.1, 0.15) is 28.6 Å². The summed E-state index contributed by atoms with van der Waals surface area (Å²) < 4.78 is 15.5. The van der Waals surface area contributed by atoms with Crippen molar-refractivity contribution in [1.82, 2.24) is 24.9 Å². The highest BCUT2D eigenvalue weighted by Gasteiger charge is 2.39. The zero-order valence-electron chi connectivity index (χ0n) is 30.2. The molecule has 5 heterocycles. The van der Waals surface area contributed by atoms with Crippen molar-refractivity contribution in [3.63, 3.8) is 0 Å². The summed E-state index contributed by atoms with van der Waals surface area (Å²) in [5.74, 6) is 3.12. The first-order chi connectivity index (χ1) is 28.2. The fraction of sp³-hybridized carbons (Fsp3) is 0.0408. The molecule has 0 saturated carbocycles. The van der Waals surface area contributed by atoms with Crippen molar-refractivity contribution < 1.29 is 9.15 Å². The highest BCUT2D eigenvalue weighted by molar-refractivity contribution is 7.25. The maximum atomic E-state index is 6.61. The first-order valence-electron chi connectivity index (χ1n) is 18.9. The summed E-state index contributed by atoms with van der Waals surface area (Å²) in [6.45, 7) is 0. The molecule has 4 aromatic heterocycles. The van der Waals surface area contributed by atoms with Gasteiger partial charge in [0.05, 0.1) is 5.92 Å². The lowest BCUT2D eigenvalue weighted by atomic mass is 9.83. The Labute approximate surface area is 330 Å².